The summed E-state index contributed by atoms with van der Waals surface area (Å²) in [5.74, 6) is -2.73. The van der Waals surface area contributed by atoms with Crippen LogP contribution in [0.15, 0.2) is 18.2 Å². The molecular formula is C14H15ClFNO3. The lowest BCUT2D eigenvalue weighted by Crippen LogP contribution is -2.36. The SMILES string of the molecule is CC(C)N1C(=O)CC(C(=O)O)C1c1cc(F)cc(Cl)c1. The zero-order chi connectivity index (χ0) is 15.0. The fourth-order valence-electron chi connectivity index (χ4n) is 2.72. The third kappa shape index (κ3) is 2.63. The Morgan fingerprint density at radius 1 is 1.45 bits per heavy atom. The Labute approximate surface area is 121 Å². The van der Waals surface area contributed by atoms with E-state index in [1.165, 1.54) is 17.0 Å². The summed E-state index contributed by atoms with van der Waals surface area (Å²) in [7, 11) is 0. The lowest BCUT2D eigenvalue weighted by Gasteiger charge is -2.30. The van der Waals surface area contributed by atoms with Crippen LogP contribution in [0.3, 0.4) is 0 Å². The quantitative estimate of drug-likeness (QED) is 0.933. The van der Waals surface area contributed by atoms with Crippen LogP contribution < -0.4 is 0 Å². The predicted molar refractivity (Wildman–Crippen MR) is 71.9 cm³/mol. The molecule has 0 saturated carbocycles. The molecule has 0 spiro atoms. The average Bonchev–Trinajstić information content (AvgIpc) is 2.65. The first-order valence-electron chi connectivity index (χ1n) is 6.31. The number of carbonyl (C=O) groups is 2. The van der Waals surface area contributed by atoms with Crippen LogP contribution in [0.4, 0.5) is 4.39 Å². The van der Waals surface area contributed by atoms with Crippen LogP contribution in [0.25, 0.3) is 0 Å². The maximum Gasteiger partial charge on any atom is 0.309 e. The topological polar surface area (TPSA) is 57.6 Å². The van der Waals surface area contributed by atoms with Gasteiger partial charge in [-0.25, -0.2) is 4.39 Å². The first-order chi connectivity index (χ1) is 9.31. The van der Waals surface area contributed by atoms with Crippen LogP contribution in [0.2, 0.25) is 5.02 Å². The zero-order valence-electron chi connectivity index (χ0n) is 11.1. The molecule has 1 fully saturated rings. The first kappa shape index (κ1) is 14.8. The molecule has 0 aliphatic carbocycles. The smallest absolute Gasteiger partial charge is 0.309 e. The Morgan fingerprint density at radius 2 is 2.10 bits per heavy atom. The second-order valence-corrected chi connectivity index (χ2v) is 5.63. The summed E-state index contributed by atoms with van der Waals surface area (Å²) in [6.45, 7) is 3.60. The molecule has 0 radical (unpaired) electrons. The van der Waals surface area contributed by atoms with E-state index in [-0.39, 0.29) is 23.4 Å². The number of likely N-dealkylation sites (tertiary alicyclic amines) is 1. The van der Waals surface area contributed by atoms with Gasteiger partial charge in [-0.1, -0.05) is 11.6 Å². The molecule has 1 aliphatic heterocycles. The standard InChI is InChI=1S/C14H15ClFNO3/c1-7(2)17-12(18)6-11(14(19)20)13(17)8-3-9(15)5-10(16)4-8/h3-5,7,11,13H,6H2,1-2H3,(H,19,20). The number of hydrogen-bond donors (Lipinski definition) is 1. The number of rotatable bonds is 3. The lowest BCUT2D eigenvalue weighted by atomic mass is 9.93. The van der Waals surface area contributed by atoms with E-state index in [9.17, 15) is 19.1 Å². The molecule has 2 atom stereocenters. The molecule has 1 N–H and O–H groups in total. The van der Waals surface area contributed by atoms with Gasteiger partial charge in [-0.05, 0) is 37.6 Å². The molecular weight excluding hydrogens is 285 g/mol. The normalized spacial score (nSPS) is 22.6. The van der Waals surface area contributed by atoms with Gasteiger partial charge in [0, 0.05) is 17.5 Å². The van der Waals surface area contributed by atoms with E-state index in [4.69, 9.17) is 11.6 Å². The fourth-order valence-corrected chi connectivity index (χ4v) is 2.95. The Hall–Kier alpha value is -1.62. The van der Waals surface area contributed by atoms with Gasteiger partial charge in [0.25, 0.3) is 0 Å². The Morgan fingerprint density at radius 3 is 2.60 bits per heavy atom. The number of carbonyl (C=O) groups excluding carboxylic acids is 1. The second kappa shape index (κ2) is 5.40. The van der Waals surface area contributed by atoms with Gasteiger partial charge in [-0.2, -0.15) is 0 Å². The molecule has 1 aromatic carbocycles. The molecule has 1 aliphatic rings. The van der Waals surface area contributed by atoms with Gasteiger partial charge in [0.1, 0.15) is 5.82 Å². The largest absolute Gasteiger partial charge is 0.481 e. The maximum atomic E-state index is 13.5. The predicted octanol–water partition coefficient (Wildman–Crippen LogP) is 2.86. The van der Waals surface area contributed by atoms with Crippen LogP contribution >= 0.6 is 11.6 Å². The van der Waals surface area contributed by atoms with Crippen LogP contribution in [-0.4, -0.2) is 27.9 Å². The van der Waals surface area contributed by atoms with Crippen molar-refractivity contribution in [1.82, 2.24) is 4.90 Å². The van der Waals surface area contributed by atoms with Crippen molar-refractivity contribution >= 4 is 23.5 Å². The number of nitrogens with zero attached hydrogens (tertiary/aromatic N) is 1. The number of carboxylic acids is 1. The molecule has 20 heavy (non-hydrogen) atoms. The van der Waals surface area contributed by atoms with E-state index in [0.717, 1.165) is 6.07 Å². The molecule has 2 rings (SSSR count). The number of hydrogen-bond acceptors (Lipinski definition) is 2. The van der Waals surface area contributed by atoms with Crippen molar-refractivity contribution in [3.8, 4) is 0 Å². The third-order valence-corrected chi connectivity index (χ3v) is 3.68. The summed E-state index contributed by atoms with van der Waals surface area (Å²) in [5, 5.41) is 9.48. The van der Waals surface area contributed by atoms with E-state index < -0.39 is 23.7 Å². The summed E-state index contributed by atoms with van der Waals surface area (Å²) in [4.78, 5) is 24.9. The summed E-state index contributed by atoms with van der Waals surface area (Å²) < 4.78 is 13.5. The van der Waals surface area contributed by atoms with Gasteiger partial charge < -0.3 is 10.0 Å². The Kier molecular flexibility index (Phi) is 3.99. The van der Waals surface area contributed by atoms with Gasteiger partial charge in [0.05, 0.1) is 12.0 Å². The van der Waals surface area contributed by atoms with Crippen molar-refractivity contribution < 1.29 is 19.1 Å². The number of amides is 1. The molecule has 1 amide bonds. The Balaban J connectivity index is 2.51. The minimum atomic E-state index is -1.06. The van der Waals surface area contributed by atoms with Gasteiger partial charge in [-0.3, -0.25) is 9.59 Å². The van der Waals surface area contributed by atoms with Crippen LogP contribution in [-0.2, 0) is 9.59 Å². The van der Waals surface area contributed by atoms with Crippen LogP contribution in [0, 0.1) is 11.7 Å². The molecule has 2 unspecified atom stereocenters. The van der Waals surface area contributed by atoms with E-state index in [1.807, 2.05) is 0 Å². The lowest BCUT2D eigenvalue weighted by molar-refractivity contribution is -0.142. The molecule has 0 bridgehead atoms. The molecule has 6 heteroatoms. The highest BCUT2D eigenvalue weighted by Crippen LogP contribution is 2.40. The van der Waals surface area contributed by atoms with Crippen LogP contribution in [0.5, 0.6) is 0 Å². The minimum Gasteiger partial charge on any atom is -0.481 e. The van der Waals surface area contributed by atoms with Gasteiger partial charge in [0.2, 0.25) is 5.91 Å². The highest BCUT2D eigenvalue weighted by Gasteiger charge is 2.45. The van der Waals surface area contributed by atoms with E-state index >= 15 is 0 Å². The maximum absolute atomic E-state index is 13.5. The Bertz CT molecular complexity index is 541. The summed E-state index contributed by atoms with van der Waals surface area (Å²) >= 11 is 5.83. The van der Waals surface area contributed by atoms with E-state index in [1.54, 1.807) is 13.8 Å². The van der Waals surface area contributed by atoms with Gasteiger partial charge in [0.15, 0.2) is 0 Å². The van der Waals surface area contributed by atoms with Crippen molar-refractivity contribution in [1.29, 1.82) is 0 Å². The van der Waals surface area contributed by atoms with Gasteiger partial charge >= 0.3 is 5.97 Å². The average molecular weight is 300 g/mol. The number of carboxylic acid groups (broad SMARTS) is 1. The zero-order valence-corrected chi connectivity index (χ0v) is 11.9. The van der Waals surface area contributed by atoms with Crippen molar-refractivity contribution in [3.05, 3.63) is 34.6 Å². The highest BCUT2D eigenvalue weighted by atomic mass is 35.5. The number of aliphatic carboxylic acids is 1. The number of halogens is 2. The van der Waals surface area contributed by atoms with Gasteiger partial charge in [-0.15, -0.1) is 0 Å². The van der Waals surface area contributed by atoms with E-state index in [0.29, 0.717) is 5.56 Å². The highest BCUT2D eigenvalue weighted by molar-refractivity contribution is 6.30. The first-order valence-corrected chi connectivity index (χ1v) is 6.69. The minimum absolute atomic E-state index is 0.0771. The summed E-state index contributed by atoms with van der Waals surface area (Å²) in [6.07, 6.45) is -0.0771. The number of benzene rings is 1. The monoisotopic (exact) mass is 299 g/mol. The third-order valence-electron chi connectivity index (χ3n) is 3.46. The molecule has 4 nitrogen and oxygen atoms in total. The molecule has 1 aromatic rings. The van der Waals surface area contributed by atoms with Crippen molar-refractivity contribution in [3.63, 3.8) is 0 Å². The molecule has 108 valence electrons. The summed E-state index contributed by atoms with van der Waals surface area (Å²) in [6, 6.07) is 3.05. The van der Waals surface area contributed by atoms with Crippen molar-refractivity contribution in [2.24, 2.45) is 5.92 Å². The van der Waals surface area contributed by atoms with E-state index in [2.05, 4.69) is 0 Å². The van der Waals surface area contributed by atoms with Crippen molar-refractivity contribution in [2.75, 3.05) is 0 Å². The molecule has 1 heterocycles. The fraction of sp³-hybridized carbons (Fsp3) is 0.429. The molecule has 0 aromatic heterocycles. The summed E-state index contributed by atoms with van der Waals surface area (Å²) in [5.41, 5.74) is 0.418. The van der Waals surface area contributed by atoms with Crippen LogP contribution in [0.1, 0.15) is 31.9 Å². The second-order valence-electron chi connectivity index (χ2n) is 5.19. The molecule has 1 saturated heterocycles. The van der Waals surface area contributed by atoms with Crippen molar-refractivity contribution in [2.45, 2.75) is 32.4 Å².